The molecule has 7 nitrogen and oxygen atoms in total. The van der Waals surface area contributed by atoms with Crippen molar-refractivity contribution in [2.45, 2.75) is 4.90 Å². The number of anilines is 1. The third-order valence-electron chi connectivity index (χ3n) is 5.07. The summed E-state index contributed by atoms with van der Waals surface area (Å²) in [5, 5.41) is 18.7. The van der Waals surface area contributed by atoms with Gasteiger partial charge in [0.1, 0.15) is 5.69 Å². The Hall–Kier alpha value is -3.91. The number of hydrogen-bond acceptors (Lipinski definition) is 6. The van der Waals surface area contributed by atoms with Crippen LogP contribution >= 0.6 is 0 Å². The number of sulfonamides is 1. The fourth-order valence-electron chi connectivity index (χ4n) is 3.57. The van der Waals surface area contributed by atoms with E-state index in [0.29, 0.717) is 39.2 Å². The highest BCUT2D eigenvalue weighted by molar-refractivity contribution is 7.93. The predicted octanol–water partition coefficient (Wildman–Crippen LogP) is 6.81. The van der Waals surface area contributed by atoms with E-state index in [-0.39, 0.29) is 4.90 Å². The Bertz CT molecular complexity index is 1450. The number of hydrogen-bond donors (Lipinski definition) is 0. The van der Waals surface area contributed by atoms with E-state index in [1.54, 1.807) is 18.2 Å². The van der Waals surface area contributed by atoms with E-state index >= 15 is 0 Å². The first-order valence-corrected chi connectivity index (χ1v) is 11.0. The Balaban J connectivity index is 1.74. The second kappa shape index (κ2) is 7.41. The second-order valence-electron chi connectivity index (χ2n) is 6.99. The van der Waals surface area contributed by atoms with Gasteiger partial charge in [-0.05, 0) is 36.4 Å². The van der Waals surface area contributed by atoms with Crippen molar-refractivity contribution in [3.05, 3.63) is 84.9 Å². The zero-order chi connectivity index (χ0) is 21.4. The zero-order valence-corrected chi connectivity index (χ0v) is 17.4. The van der Waals surface area contributed by atoms with Gasteiger partial charge in [0.25, 0.3) is 10.0 Å². The van der Waals surface area contributed by atoms with Crippen molar-refractivity contribution in [3.63, 3.8) is 0 Å². The van der Waals surface area contributed by atoms with Gasteiger partial charge in [0.15, 0.2) is 0 Å². The highest BCUT2D eigenvalue weighted by Crippen LogP contribution is 2.50. The number of benzene rings is 4. The maximum atomic E-state index is 13.0. The van der Waals surface area contributed by atoms with E-state index in [2.05, 4.69) is 20.5 Å². The van der Waals surface area contributed by atoms with Crippen LogP contribution in [0.5, 0.6) is 0 Å². The Morgan fingerprint density at radius 3 is 1.87 bits per heavy atom. The lowest BCUT2D eigenvalue weighted by Crippen LogP contribution is -2.21. The van der Waals surface area contributed by atoms with Crippen LogP contribution in [0.2, 0.25) is 0 Å². The molecule has 1 aliphatic rings. The summed E-state index contributed by atoms with van der Waals surface area (Å²) in [5.41, 5.74) is 2.79. The topological polar surface area (TPSA) is 86.8 Å². The highest BCUT2D eigenvalue weighted by atomic mass is 32.2. The van der Waals surface area contributed by atoms with Gasteiger partial charge in [0.2, 0.25) is 0 Å². The molecule has 0 unspecified atom stereocenters. The molecule has 152 valence electrons. The van der Waals surface area contributed by atoms with Gasteiger partial charge in [0, 0.05) is 17.8 Å². The maximum absolute atomic E-state index is 13.0. The molecule has 1 aliphatic heterocycles. The molecule has 0 saturated heterocycles. The lowest BCUT2D eigenvalue weighted by atomic mass is 10.1. The number of rotatable bonds is 4. The van der Waals surface area contributed by atoms with Crippen LogP contribution in [-0.2, 0) is 10.0 Å². The fourth-order valence-corrected chi connectivity index (χ4v) is 5.00. The van der Waals surface area contributed by atoms with E-state index in [1.165, 1.54) is 11.4 Å². The van der Waals surface area contributed by atoms with Crippen LogP contribution in [0.15, 0.2) is 110 Å². The normalized spacial score (nSPS) is 14.8. The van der Waals surface area contributed by atoms with Gasteiger partial charge in [-0.1, -0.05) is 48.5 Å². The molecule has 0 radical (unpaired) electrons. The van der Waals surface area contributed by atoms with Gasteiger partial charge in [-0.2, -0.15) is 10.2 Å². The summed E-state index contributed by atoms with van der Waals surface area (Å²) in [6.07, 6.45) is 0. The first-order valence-electron chi connectivity index (χ1n) is 9.58. The molecule has 0 amide bonds. The highest BCUT2D eigenvalue weighted by Gasteiger charge is 2.36. The summed E-state index contributed by atoms with van der Waals surface area (Å²) >= 11 is 0. The summed E-state index contributed by atoms with van der Waals surface area (Å²) < 4.78 is 27.2. The molecule has 5 rings (SSSR count). The molecule has 0 spiro atoms. The van der Waals surface area contributed by atoms with Crippen LogP contribution in [0.4, 0.5) is 28.4 Å². The molecular formula is C23H17N5O2S. The largest absolute Gasteiger partial charge is 0.266 e. The summed E-state index contributed by atoms with van der Waals surface area (Å²) in [6, 6.07) is 25.5. The molecule has 0 atom stereocenters. The zero-order valence-electron chi connectivity index (χ0n) is 16.5. The summed E-state index contributed by atoms with van der Waals surface area (Å²) in [5.74, 6) is 0. The van der Waals surface area contributed by atoms with Gasteiger partial charge in [-0.3, -0.25) is 4.31 Å². The molecular weight excluding hydrogens is 410 g/mol. The third kappa shape index (κ3) is 3.27. The molecule has 0 fully saturated rings. The third-order valence-corrected chi connectivity index (χ3v) is 6.87. The lowest BCUT2D eigenvalue weighted by Gasteiger charge is -2.14. The van der Waals surface area contributed by atoms with E-state index in [1.807, 2.05) is 66.7 Å². The van der Waals surface area contributed by atoms with Gasteiger partial charge in [-0.25, -0.2) is 8.42 Å². The second-order valence-corrected chi connectivity index (χ2v) is 8.92. The Labute approximate surface area is 179 Å². The van der Waals surface area contributed by atoms with Gasteiger partial charge < -0.3 is 0 Å². The molecule has 8 heteroatoms. The lowest BCUT2D eigenvalue weighted by molar-refractivity contribution is 0.597. The molecule has 0 bridgehead atoms. The van der Waals surface area contributed by atoms with Gasteiger partial charge >= 0.3 is 0 Å². The van der Waals surface area contributed by atoms with Crippen molar-refractivity contribution in [2.75, 3.05) is 11.4 Å². The quantitative estimate of drug-likeness (QED) is 0.335. The minimum absolute atomic E-state index is 0.232. The SMILES string of the molecule is CN1c2c(N=Nc3ccccc3)cc(N=Nc3ccccc3)c3cccc(c23)S1(=O)=O. The van der Waals surface area contributed by atoms with Crippen LogP contribution in [0, 0.1) is 0 Å². The molecule has 4 aromatic carbocycles. The molecule has 0 aromatic heterocycles. The smallest absolute Gasteiger partial charge is 0.264 e. The average Bonchev–Trinajstić information content (AvgIpc) is 3.01. The number of nitrogens with zero attached hydrogens (tertiary/aromatic N) is 5. The Kier molecular flexibility index (Phi) is 4.56. The Morgan fingerprint density at radius 1 is 0.677 bits per heavy atom. The molecule has 4 aromatic rings. The van der Waals surface area contributed by atoms with Crippen molar-refractivity contribution in [1.82, 2.24) is 0 Å². The van der Waals surface area contributed by atoms with E-state index in [4.69, 9.17) is 0 Å². The molecule has 31 heavy (non-hydrogen) atoms. The van der Waals surface area contributed by atoms with E-state index in [0.717, 1.165) is 0 Å². The first-order chi connectivity index (χ1) is 15.1. The molecule has 1 heterocycles. The Morgan fingerprint density at radius 2 is 1.26 bits per heavy atom. The standard InChI is InChI=1S/C23H17N5O2S/c1-28-23-20(27-25-17-11-6-3-7-12-17)15-19(26-24-16-9-4-2-5-10-16)18-13-8-14-21(22(18)23)31(28,29)30/h2-15H,1H3. The molecule has 0 saturated carbocycles. The van der Waals surface area contributed by atoms with Crippen LogP contribution in [-0.4, -0.2) is 15.5 Å². The van der Waals surface area contributed by atoms with Crippen molar-refractivity contribution in [1.29, 1.82) is 0 Å². The van der Waals surface area contributed by atoms with Crippen molar-refractivity contribution >= 4 is 49.2 Å². The number of azo groups is 2. The van der Waals surface area contributed by atoms with Crippen LogP contribution in [0.3, 0.4) is 0 Å². The van der Waals surface area contributed by atoms with Crippen LogP contribution < -0.4 is 4.31 Å². The predicted molar refractivity (Wildman–Crippen MR) is 121 cm³/mol. The summed E-state index contributed by atoms with van der Waals surface area (Å²) in [7, 11) is -2.14. The van der Waals surface area contributed by atoms with E-state index < -0.39 is 10.0 Å². The minimum Gasteiger partial charge on any atom is -0.266 e. The monoisotopic (exact) mass is 427 g/mol. The van der Waals surface area contributed by atoms with Gasteiger partial charge in [-0.15, -0.1) is 10.2 Å². The summed E-state index contributed by atoms with van der Waals surface area (Å²) in [4.78, 5) is 0.232. The van der Waals surface area contributed by atoms with Crippen molar-refractivity contribution < 1.29 is 8.42 Å². The average molecular weight is 427 g/mol. The van der Waals surface area contributed by atoms with E-state index in [9.17, 15) is 8.42 Å². The first kappa shape index (κ1) is 19.1. The van der Waals surface area contributed by atoms with Crippen LogP contribution in [0.25, 0.3) is 10.8 Å². The minimum atomic E-state index is -3.67. The van der Waals surface area contributed by atoms with Crippen molar-refractivity contribution in [3.8, 4) is 0 Å². The molecule has 0 aliphatic carbocycles. The molecule has 0 N–H and O–H groups in total. The van der Waals surface area contributed by atoms with Crippen LogP contribution in [0.1, 0.15) is 0 Å². The summed E-state index contributed by atoms with van der Waals surface area (Å²) in [6.45, 7) is 0. The van der Waals surface area contributed by atoms with Gasteiger partial charge in [0.05, 0.1) is 27.6 Å². The fraction of sp³-hybridized carbons (Fsp3) is 0.0435. The van der Waals surface area contributed by atoms with Crippen molar-refractivity contribution in [2.24, 2.45) is 20.5 Å². The maximum Gasteiger partial charge on any atom is 0.264 e.